The highest BCUT2D eigenvalue weighted by Crippen LogP contribution is 2.42. The molecule has 4 rings (SSSR count). The molecule has 0 aromatic rings. The fraction of sp³-hybridized carbons (Fsp3) is 0.886. The number of rotatable bonds is 17. The Kier molecular flexibility index (Phi) is 15.9. The van der Waals surface area contributed by atoms with Gasteiger partial charge < -0.3 is 33.5 Å². The highest BCUT2D eigenvalue weighted by molar-refractivity contribution is 5.07. The first-order valence-corrected chi connectivity index (χ1v) is 17.4. The van der Waals surface area contributed by atoms with Crippen LogP contribution in [0, 0.1) is 11.8 Å². The first kappa shape index (κ1) is 34.1. The van der Waals surface area contributed by atoms with E-state index >= 15 is 0 Å². The zero-order chi connectivity index (χ0) is 29.4. The Labute approximate surface area is 255 Å². The average molecular weight is 593 g/mol. The summed E-state index contributed by atoms with van der Waals surface area (Å²) < 4.78 is 38.0. The van der Waals surface area contributed by atoms with E-state index in [1.165, 1.54) is 19.3 Å². The Morgan fingerprint density at radius 3 is 2.02 bits per heavy atom. The lowest BCUT2D eigenvalue weighted by molar-refractivity contribution is -0.203. The average Bonchev–Trinajstić information content (AvgIpc) is 3.32. The van der Waals surface area contributed by atoms with Crippen molar-refractivity contribution in [1.82, 2.24) is 0 Å². The zero-order valence-corrected chi connectivity index (χ0v) is 26.5. The third-order valence-corrected chi connectivity index (χ3v) is 9.23. The Morgan fingerprint density at radius 2 is 1.43 bits per heavy atom. The molecule has 0 aromatic heterocycles. The summed E-state index contributed by atoms with van der Waals surface area (Å²) in [6, 6.07) is 0. The molecule has 3 heterocycles. The maximum absolute atomic E-state index is 9.71. The Hall–Kier alpha value is -0.800. The maximum atomic E-state index is 9.71. The van der Waals surface area contributed by atoms with E-state index in [4.69, 9.17) is 28.4 Å². The van der Waals surface area contributed by atoms with Crippen LogP contribution in [0.2, 0.25) is 0 Å². The van der Waals surface area contributed by atoms with E-state index in [2.05, 4.69) is 31.2 Å². The van der Waals surface area contributed by atoms with Gasteiger partial charge in [0.1, 0.15) is 0 Å². The quantitative estimate of drug-likeness (QED) is 0.138. The van der Waals surface area contributed by atoms with E-state index in [1.54, 1.807) is 0 Å². The number of ether oxygens (including phenoxy) is 6. The van der Waals surface area contributed by atoms with Crippen LogP contribution in [-0.2, 0) is 28.4 Å². The van der Waals surface area contributed by atoms with Crippen molar-refractivity contribution < 1.29 is 33.5 Å². The second kappa shape index (κ2) is 19.6. The van der Waals surface area contributed by atoms with E-state index in [-0.39, 0.29) is 55.1 Å². The molecule has 1 aliphatic carbocycles. The highest BCUT2D eigenvalue weighted by atomic mass is 16.7. The van der Waals surface area contributed by atoms with Crippen LogP contribution in [0.15, 0.2) is 24.3 Å². The summed E-state index contributed by atoms with van der Waals surface area (Å²) >= 11 is 0. The van der Waals surface area contributed by atoms with Crippen LogP contribution in [-0.4, -0.2) is 68.2 Å². The standard InChI is InChI=1S/C35H60O7/c1-3-4-6-16-28(40-33-18-9-12-23-37-33)21-22-30-29(17-8-5-7-15-27(2)36)31(41-34-19-10-13-24-38-34)26-32(30)42-35-20-11-14-25-39-35/h5,8,21-22,27-36H,3-4,6-7,9-20,23-26H2,1-2H3/b8-5-,22-21+/t27?,28-,29+,30+,31-,32+,33?,34?,35?/m0/s1. The maximum Gasteiger partial charge on any atom is 0.158 e. The van der Waals surface area contributed by atoms with Crippen molar-refractivity contribution in [2.24, 2.45) is 11.8 Å². The van der Waals surface area contributed by atoms with Crippen LogP contribution in [0.4, 0.5) is 0 Å². The number of aliphatic hydroxyl groups excluding tert-OH is 1. The van der Waals surface area contributed by atoms with Crippen molar-refractivity contribution in [2.75, 3.05) is 19.8 Å². The third-order valence-electron chi connectivity index (χ3n) is 9.23. The summed E-state index contributed by atoms with van der Waals surface area (Å²) in [5, 5.41) is 9.71. The summed E-state index contributed by atoms with van der Waals surface area (Å²) in [4.78, 5) is 0. The molecule has 0 amide bonds. The van der Waals surface area contributed by atoms with Gasteiger partial charge in [0.2, 0.25) is 0 Å². The molecule has 4 aliphatic rings. The van der Waals surface area contributed by atoms with Crippen molar-refractivity contribution in [3.05, 3.63) is 24.3 Å². The SMILES string of the molecule is CCCCC[C@@H](/C=C/[C@@H]1[C@@H](C/C=C\CCC(C)O)[C@@H](OC2CCCCO2)C[C@H]1OC1CCCCO1)OC1CCCCO1. The molecule has 3 aliphatic heterocycles. The van der Waals surface area contributed by atoms with Crippen molar-refractivity contribution in [3.63, 3.8) is 0 Å². The summed E-state index contributed by atoms with van der Waals surface area (Å²) in [6.45, 7) is 6.45. The van der Waals surface area contributed by atoms with Crippen LogP contribution in [0.5, 0.6) is 0 Å². The Bertz CT molecular complexity index is 752. The van der Waals surface area contributed by atoms with Crippen LogP contribution in [0.3, 0.4) is 0 Å². The number of unbranched alkanes of at least 4 members (excludes halogenated alkanes) is 2. The van der Waals surface area contributed by atoms with Gasteiger partial charge in [0, 0.05) is 32.2 Å². The zero-order valence-electron chi connectivity index (χ0n) is 26.5. The molecule has 0 aromatic carbocycles. The lowest BCUT2D eigenvalue weighted by Gasteiger charge is -2.30. The molecule has 0 spiro atoms. The highest BCUT2D eigenvalue weighted by Gasteiger charge is 2.45. The Morgan fingerprint density at radius 1 is 0.786 bits per heavy atom. The molecule has 4 unspecified atom stereocenters. The molecular weight excluding hydrogens is 532 g/mol. The van der Waals surface area contributed by atoms with E-state index < -0.39 is 0 Å². The monoisotopic (exact) mass is 592 g/mol. The number of hydrogen-bond acceptors (Lipinski definition) is 7. The van der Waals surface area contributed by atoms with Gasteiger partial charge in [-0.3, -0.25) is 0 Å². The molecular formula is C35H60O7. The molecule has 42 heavy (non-hydrogen) atoms. The molecule has 7 heteroatoms. The van der Waals surface area contributed by atoms with Gasteiger partial charge in [0.25, 0.3) is 0 Å². The van der Waals surface area contributed by atoms with Gasteiger partial charge in [-0.1, -0.05) is 50.5 Å². The molecule has 4 fully saturated rings. The molecule has 3 saturated heterocycles. The summed E-state index contributed by atoms with van der Waals surface area (Å²) in [5.74, 6) is 0.459. The van der Waals surface area contributed by atoms with Crippen LogP contribution >= 0.6 is 0 Å². The predicted molar refractivity (Wildman–Crippen MR) is 165 cm³/mol. The number of allylic oxidation sites excluding steroid dienone is 2. The fourth-order valence-corrected chi connectivity index (χ4v) is 6.77. The molecule has 0 bridgehead atoms. The molecule has 7 nitrogen and oxygen atoms in total. The van der Waals surface area contributed by atoms with Crippen LogP contribution in [0.25, 0.3) is 0 Å². The largest absolute Gasteiger partial charge is 0.393 e. The normalized spacial score (nSPS) is 34.3. The van der Waals surface area contributed by atoms with E-state index in [0.29, 0.717) is 0 Å². The molecule has 0 radical (unpaired) electrons. The lowest BCUT2D eigenvalue weighted by Crippen LogP contribution is -2.31. The van der Waals surface area contributed by atoms with Gasteiger partial charge in [-0.15, -0.1) is 0 Å². The van der Waals surface area contributed by atoms with Crippen molar-refractivity contribution >= 4 is 0 Å². The van der Waals surface area contributed by atoms with Crippen molar-refractivity contribution in [1.29, 1.82) is 0 Å². The minimum absolute atomic E-state index is 0.0241. The first-order chi connectivity index (χ1) is 20.6. The first-order valence-electron chi connectivity index (χ1n) is 17.4. The Balaban J connectivity index is 1.51. The van der Waals surface area contributed by atoms with Gasteiger partial charge in [-0.25, -0.2) is 0 Å². The minimum atomic E-state index is -0.276. The molecule has 1 saturated carbocycles. The van der Waals surface area contributed by atoms with Crippen LogP contribution in [0.1, 0.15) is 123 Å². The second-order valence-electron chi connectivity index (χ2n) is 12.9. The van der Waals surface area contributed by atoms with Gasteiger partial charge in [0.15, 0.2) is 18.9 Å². The smallest absolute Gasteiger partial charge is 0.158 e. The molecule has 1 N–H and O–H groups in total. The predicted octanol–water partition coefficient (Wildman–Crippen LogP) is 7.60. The topological polar surface area (TPSA) is 75.6 Å². The van der Waals surface area contributed by atoms with Crippen LogP contribution < -0.4 is 0 Å². The number of hydrogen-bond donors (Lipinski definition) is 1. The summed E-state index contributed by atoms with van der Waals surface area (Å²) in [6.07, 6.45) is 26.3. The van der Waals surface area contributed by atoms with Crippen molar-refractivity contribution in [3.8, 4) is 0 Å². The van der Waals surface area contributed by atoms with Gasteiger partial charge in [-0.05, 0) is 96.3 Å². The summed E-state index contributed by atoms with van der Waals surface area (Å²) in [7, 11) is 0. The second-order valence-corrected chi connectivity index (χ2v) is 12.9. The number of aliphatic hydroxyl groups is 1. The lowest BCUT2D eigenvalue weighted by atomic mass is 9.89. The van der Waals surface area contributed by atoms with E-state index in [9.17, 15) is 5.11 Å². The van der Waals surface area contributed by atoms with Gasteiger partial charge in [0.05, 0.1) is 24.4 Å². The third kappa shape index (κ3) is 11.9. The van der Waals surface area contributed by atoms with E-state index in [0.717, 1.165) is 110 Å². The van der Waals surface area contributed by atoms with E-state index in [1.807, 2.05) is 6.92 Å². The molecule has 242 valence electrons. The summed E-state index contributed by atoms with van der Waals surface area (Å²) in [5.41, 5.74) is 0. The van der Waals surface area contributed by atoms with Gasteiger partial charge in [-0.2, -0.15) is 0 Å². The van der Waals surface area contributed by atoms with Gasteiger partial charge >= 0.3 is 0 Å². The minimum Gasteiger partial charge on any atom is -0.393 e. The van der Waals surface area contributed by atoms with Crippen molar-refractivity contribution in [2.45, 2.75) is 166 Å². The molecule has 9 atom stereocenters. The fourth-order valence-electron chi connectivity index (χ4n) is 6.77.